The van der Waals surface area contributed by atoms with Crippen LogP contribution in [-0.4, -0.2) is 24.2 Å². The second-order valence-electron chi connectivity index (χ2n) is 6.62. The first-order valence-electron chi connectivity index (χ1n) is 7.78. The van der Waals surface area contributed by atoms with Crippen LogP contribution in [0.15, 0.2) is 12.1 Å². The Morgan fingerprint density at radius 2 is 1.67 bits per heavy atom. The van der Waals surface area contributed by atoms with Crippen molar-refractivity contribution in [1.82, 2.24) is 0 Å². The highest BCUT2D eigenvalue weighted by Gasteiger charge is 2.19. The highest BCUT2D eigenvalue weighted by molar-refractivity contribution is 5.71. The quantitative estimate of drug-likeness (QED) is 0.819. The lowest BCUT2D eigenvalue weighted by molar-refractivity contribution is -0.140. The average Bonchev–Trinajstić information content (AvgIpc) is 2.33. The lowest BCUT2D eigenvalue weighted by Crippen LogP contribution is -2.34. The molecule has 0 heterocycles. The van der Waals surface area contributed by atoms with E-state index in [2.05, 4.69) is 51.7 Å². The summed E-state index contributed by atoms with van der Waals surface area (Å²) >= 11 is 0. The fourth-order valence-electron chi connectivity index (χ4n) is 2.79. The van der Waals surface area contributed by atoms with Crippen LogP contribution in [0.3, 0.4) is 0 Å². The predicted molar refractivity (Wildman–Crippen MR) is 89.1 cm³/mol. The van der Waals surface area contributed by atoms with Gasteiger partial charge in [0.05, 0.1) is 5.92 Å². The zero-order valence-corrected chi connectivity index (χ0v) is 14.2. The molecule has 3 nitrogen and oxygen atoms in total. The van der Waals surface area contributed by atoms with Gasteiger partial charge < -0.3 is 10.0 Å². The third-order valence-electron chi connectivity index (χ3n) is 3.84. The molecule has 0 saturated carbocycles. The Morgan fingerprint density at radius 3 is 2.10 bits per heavy atom. The molecule has 1 N–H and O–H groups in total. The Kier molecular flexibility index (Phi) is 6.25. The van der Waals surface area contributed by atoms with Gasteiger partial charge in [0.1, 0.15) is 0 Å². The van der Waals surface area contributed by atoms with Crippen molar-refractivity contribution in [3.8, 4) is 0 Å². The van der Waals surface area contributed by atoms with Gasteiger partial charge >= 0.3 is 5.97 Å². The van der Waals surface area contributed by atoms with Crippen molar-refractivity contribution in [2.45, 2.75) is 48.0 Å². The largest absolute Gasteiger partial charge is 0.481 e. The summed E-state index contributed by atoms with van der Waals surface area (Å²) in [4.78, 5) is 13.5. The summed E-state index contributed by atoms with van der Waals surface area (Å²) in [6.07, 6.45) is 1.07. The molecule has 1 atom stereocenters. The highest BCUT2D eigenvalue weighted by atomic mass is 16.4. The van der Waals surface area contributed by atoms with Gasteiger partial charge in [-0.15, -0.1) is 0 Å². The highest BCUT2D eigenvalue weighted by Crippen LogP contribution is 2.27. The molecule has 118 valence electrons. The van der Waals surface area contributed by atoms with E-state index in [0.717, 1.165) is 13.0 Å². The van der Waals surface area contributed by atoms with Crippen molar-refractivity contribution >= 4 is 11.7 Å². The number of aliphatic carboxylic acids is 1. The van der Waals surface area contributed by atoms with Gasteiger partial charge in [-0.25, -0.2) is 0 Å². The molecule has 0 bridgehead atoms. The molecule has 0 fully saturated rings. The minimum absolute atomic E-state index is 0.364. The molecule has 1 unspecified atom stereocenters. The lowest BCUT2D eigenvalue weighted by Gasteiger charge is -2.30. The third-order valence-corrected chi connectivity index (χ3v) is 3.84. The number of rotatable bonds is 7. The van der Waals surface area contributed by atoms with Gasteiger partial charge in [-0.2, -0.15) is 0 Å². The van der Waals surface area contributed by atoms with Gasteiger partial charge in [-0.3, -0.25) is 4.79 Å². The summed E-state index contributed by atoms with van der Waals surface area (Å²) in [5.74, 6) is -0.483. The van der Waals surface area contributed by atoms with Gasteiger partial charge in [0.25, 0.3) is 0 Å². The zero-order chi connectivity index (χ0) is 16.2. The second-order valence-corrected chi connectivity index (χ2v) is 6.62. The molecule has 3 heteroatoms. The maximum absolute atomic E-state index is 11.2. The summed E-state index contributed by atoms with van der Waals surface area (Å²) in [5.41, 5.74) is 4.92. The van der Waals surface area contributed by atoms with Crippen LogP contribution in [0, 0.1) is 32.6 Å². The number of carbonyl (C=O) groups is 1. The fourth-order valence-corrected chi connectivity index (χ4v) is 2.79. The van der Waals surface area contributed by atoms with E-state index in [-0.39, 0.29) is 5.92 Å². The molecule has 0 aliphatic rings. The van der Waals surface area contributed by atoms with Crippen molar-refractivity contribution in [3.05, 3.63) is 28.8 Å². The van der Waals surface area contributed by atoms with Crippen LogP contribution in [0.1, 0.15) is 43.9 Å². The molecule has 1 rings (SSSR count). The van der Waals surface area contributed by atoms with E-state index >= 15 is 0 Å². The molecule has 0 aliphatic heterocycles. The summed E-state index contributed by atoms with van der Waals surface area (Å²) in [6.45, 7) is 14.0. The van der Waals surface area contributed by atoms with E-state index in [1.807, 2.05) is 0 Å². The number of nitrogens with zero attached hydrogens (tertiary/aromatic N) is 1. The van der Waals surface area contributed by atoms with E-state index in [0.29, 0.717) is 12.5 Å². The Hall–Kier alpha value is -1.51. The first kappa shape index (κ1) is 17.5. The van der Waals surface area contributed by atoms with Crippen LogP contribution in [0.2, 0.25) is 0 Å². The second kappa shape index (κ2) is 7.48. The normalized spacial score (nSPS) is 12.5. The van der Waals surface area contributed by atoms with Crippen LogP contribution in [0.25, 0.3) is 0 Å². The minimum Gasteiger partial charge on any atom is -0.481 e. The Morgan fingerprint density at radius 1 is 1.14 bits per heavy atom. The maximum Gasteiger partial charge on any atom is 0.308 e. The van der Waals surface area contributed by atoms with Gasteiger partial charge in [-0.1, -0.05) is 38.5 Å². The predicted octanol–water partition coefficient (Wildman–Crippen LogP) is 4.19. The minimum atomic E-state index is -0.730. The topological polar surface area (TPSA) is 40.5 Å². The number of benzene rings is 1. The number of anilines is 1. The fraction of sp³-hybridized carbons (Fsp3) is 0.611. The number of carboxylic acids is 1. The first-order chi connectivity index (χ1) is 9.72. The maximum atomic E-state index is 11.2. The average molecular weight is 291 g/mol. The van der Waals surface area contributed by atoms with Crippen molar-refractivity contribution in [2.75, 3.05) is 18.0 Å². The van der Waals surface area contributed by atoms with E-state index in [9.17, 15) is 9.90 Å². The summed E-state index contributed by atoms with van der Waals surface area (Å²) < 4.78 is 0. The number of carboxylic acid groups (broad SMARTS) is 1. The van der Waals surface area contributed by atoms with Crippen LogP contribution in [0.4, 0.5) is 5.69 Å². The van der Waals surface area contributed by atoms with Gasteiger partial charge in [-0.05, 0) is 44.2 Å². The molecule has 0 aromatic heterocycles. The molecule has 0 amide bonds. The van der Waals surface area contributed by atoms with E-state index in [1.165, 1.54) is 22.4 Å². The standard InChI is InChI=1S/C18H29NO2/c1-12(2)7-8-19(11-16(6)18(20)21)17-14(4)9-13(3)10-15(17)5/h9-10,12,16H,7-8,11H2,1-6H3,(H,20,21). The molecular formula is C18H29NO2. The molecule has 1 aromatic rings. The first-order valence-corrected chi connectivity index (χ1v) is 7.78. The number of aryl methyl sites for hydroxylation is 3. The molecular weight excluding hydrogens is 262 g/mol. The molecule has 21 heavy (non-hydrogen) atoms. The monoisotopic (exact) mass is 291 g/mol. The van der Waals surface area contributed by atoms with Crippen molar-refractivity contribution in [2.24, 2.45) is 11.8 Å². The number of hydrogen-bond donors (Lipinski definition) is 1. The molecule has 0 aliphatic carbocycles. The molecule has 0 spiro atoms. The van der Waals surface area contributed by atoms with Crippen LogP contribution < -0.4 is 4.90 Å². The number of hydrogen-bond acceptors (Lipinski definition) is 2. The van der Waals surface area contributed by atoms with Gasteiger partial charge in [0.2, 0.25) is 0 Å². The smallest absolute Gasteiger partial charge is 0.308 e. The van der Waals surface area contributed by atoms with Crippen LogP contribution in [0.5, 0.6) is 0 Å². The summed E-state index contributed by atoms with van der Waals surface area (Å²) in [7, 11) is 0. The van der Waals surface area contributed by atoms with E-state index < -0.39 is 5.97 Å². The summed E-state index contributed by atoms with van der Waals surface area (Å²) in [5, 5.41) is 9.21. The SMILES string of the molecule is Cc1cc(C)c(N(CCC(C)C)CC(C)C(=O)O)c(C)c1. The Balaban J connectivity index is 3.08. The molecule has 0 saturated heterocycles. The van der Waals surface area contributed by atoms with Gasteiger partial charge in [0, 0.05) is 18.8 Å². The van der Waals surface area contributed by atoms with Crippen molar-refractivity contribution in [1.29, 1.82) is 0 Å². The van der Waals surface area contributed by atoms with Crippen LogP contribution in [-0.2, 0) is 4.79 Å². The third kappa shape index (κ3) is 5.07. The molecule has 0 radical (unpaired) electrons. The molecule has 1 aromatic carbocycles. The van der Waals surface area contributed by atoms with Gasteiger partial charge in [0.15, 0.2) is 0 Å². The van der Waals surface area contributed by atoms with Crippen LogP contribution >= 0.6 is 0 Å². The Bertz CT molecular complexity index is 471. The van der Waals surface area contributed by atoms with Crippen molar-refractivity contribution in [3.63, 3.8) is 0 Å². The Labute approximate surface area is 129 Å². The summed E-state index contributed by atoms with van der Waals surface area (Å²) in [6, 6.07) is 4.35. The lowest BCUT2D eigenvalue weighted by atomic mass is 10.0. The van der Waals surface area contributed by atoms with E-state index in [1.54, 1.807) is 6.92 Å². The van der Waals surface area contributed by atoms with E-state index in [4.69, 9.17) is 0 Å². The zero-order valence-electron chi connectivity index (χ0n) is 14.2. The van der Waals surface area contributed by atoms with Crippen molar-refractivity contribution < 1.29 is 9.90 Å².